The molecule has 2 heterocycles. The molecule has 2 aromatic carbocycles. The summed E-state index contributed by atoms with van der Waals surface area (Å²) in [5.74, 6) is 1.31. The zero-order valence-corrected chi connectivity index (χ0v) is 18.6. The Balaban J connectivity index is 1.48. The number of carbonyl (C=O) groups is 2. The summed E-state index contributed by atoms with van der Waals surface area (Å²) >= 11 is 1.36. The average molecular weight is 453 g/mol. The highest BCUT2D eigenvalue weighted by molar-refractivity contribution is 7.18. The number of methoxy groups -OCH3 is 3. The molecule has 1 unspecified atom stereocenters. The van der Waals surface area contributed by atoms with Gasteiger partial charge < -0.3 is 19.5 Å². The van der Waals surface area contributed by atoms with Gasteiger partial charge in [-0.25, -0.2) is 14.7 Å². The average Bonchev–Trinajstić information content (AvgIpc) is 3.26. The van der Waals surface area contributed by atoms with Crippen LogP contribution in [0.2, 0.25) is 0 Å². The van der Waals surface area contributed by atoms with E-state index in [0.29, 0.717) is 32.7 Å². The number of rotatable bonds is 7. The maximum Gasteiger partial charge on any atom is 0.362 e. The number of ether oxygens (including phenoxy) is 3. The van der Waals surface area contributed by atoms with Gasteiger partial charge in [0, 0.05) is 10.9 Å². The van der Waals surface area contributed by atoms with Gasteiger partial charge in [0.25, 0.3) is 5.91 Å². The van der Waals surface area contributed by atoms with E-state index in [1.165, 1.54) is 24.8 Å². The molecule has 0 saturated carbocycles. The molecular formula is C23H22N3O5S+. The van der Waals surface area contributed by atoms with Gasteiger partial charge in [-0.3, -0.25) is 4.79 Å². The number of carbonyl (C=O) groups excluding carboxylic acids is 2. The maximum absolute atomic E-state index is 13.0. The van der Waals surface area contributed by atoms with Crippen molar-refractivity contribution < 1.29 is 28.7 Å². The van der Waals surface area contributed by atoms with E-state index in [-0.39, 0.29) is 18.4 Å². The van der Waals surface area contributed by atoms with Crippen LogP contribution in [-0.4, -0.2) is 46.0 Å². The fourth-order valence-electron chi connectivity index (χ4n) is 3.29. The van der Waals surface area contributed by atoms with Crippen LogP contribution >= 0.6 is 11.3 Å². The summed E-state index contributed by atoms with van der Waals surface area (Å²) in [6.45, 7) is -0.0993. The summed E-state index contributed by atoms with van der Waals surface area (Å²) in [4.78, 5) is 31.8. The highest BCUT2D eigenvalue weighted by Crippen LogP contribution is 2.37. The number of nitrogens with zero attached hydrogens (tertiary/aromatic N) is 1. The second-order valence-electron chi connectivity index (χ2n) is 6.96. The fourth-order valence-corrected chi connectivity index (χ4v) is 4.38. The molecule has 2 N–H and O–H groups in total. The van der Waals surface area contributed by atoms with E-state index in [1.807, 2.05) is 30.3 Å². The van der Waals surface area contributed by atoms with E-state index in [0.717, 1.165) is 16.2 Å². The second-order valence-corrected chi connectivity index (χ2v) is 8.01. The monoisotopic (exact) mass is 452 g/mol. The van der Waals surface area contributed by atoms with E-state index in [2.05, 4.69) is 10.3 Å². The zero-order valence-electron chi connectivity index (χ0n) is 17.8. The van der Waals surface area contributed by atoms with Crippen LogP contribution in [-0.2, 0) is 4.79 Å². The maximum atomic E-state index is 13.0. The third-order valence-corrected chi connectivity index (χ3v) is 6.15. The summed E-state index contributed by atoms with van der Waals surface area (Å²) < 4.78 is 15.7. The van der Waals surface area contributed by atoms with Gasteiger partial charge in [0.05, 0.1) is 32.7 Å². The van der Waals surface area contributed by atoms with Crippen LogP contribution in [0.4, 0.5) is 11.4 Å². The largest absolute Gasteiger partial charge is 0.497 e. The van der Waals surface area contributed by atoms with Crippen LogP contribution in [0.25, 0.3) is 10.4 Å². The predicted octanol–water partition coefficient (Wildman–Crippen LogP) is 2.78. The van der Waals surface area contributed by atoms with Crippen molar-refractivity contribution in [2.75, 3.05) is 33.2 Å². The molecule has 0 bridgehead atoms. The molecule has 4 rings (SSSR count). The van der Waals surface area contributed by atoms with Crippen molar-refractivity contribution in [3.05, 3.63) is 53.4 Å². The van der Waals surface area contributed by atoms with E-state index in [1.54, 1.807) is 32.4 Å². The number of quaternary nitrogens is 1. The number of amides is 2. The van der Waals surface area contributed by atoms with Crippen molar-refractivity contribution in [2.24, 2.45) is 4.99 Å². The molecule has 0 aliphatic carbocycles. The number of hydrogen-bond donors (Lipinski definition) is 2. The predicted molar refractivity (Wildman–Crippen MR) is 123 cm³/mol. The number of aliphatic imine (C=N–C) groups is 1. The van der Waals surface area contributed by atoms with Crippen LogP contribution in [0.15, 0.2) is 53.5 Å². The van der Waals surface area contributed by atoms with Gasteiger partial charge in [-0.1, -0.05) is 0 Å². The standard InChI is InChI=1S/C23H21N3O5S/c1-29-15-6-4-14(5-7-15)20-11-18-22(32-20)23(28)26(13-24-18)12-21(27)25-17-10-16(30-2)8-9-19(17)31-3/h4-11,13H,12H2,1-3H3,(H,25,27)/p+1. The lowest BCUT2D eigenvalue weighted by Crippen LogP contribution is -3.15. The lowest BCUT2D eigenvalue weighted by molar-refractivity contribution is -0.694. The van der Waals surface area contributed by atoms with Gasteiger partial charge in [0.15, 0.2) is 17.8 Å². The minimum Gasteiger partial charge on any atom is -0.497 e. The molecule has 1 aliphatic rings. The van der Waals surface area contributed by atoms with Gasteiger partial charge in [-0.15, -0.1) is 11.3 Å². The molecule has 0 fully saturated rings. The van der Waals surface area contributed by atoms with Crippen LogP contribution in [0, 0.1) is 0 Å². The number of benzene rings is 2. The van der Waals surface area contributed by atoms with Crippen LogP contribution in [0.5, 0.6) is 17.2 Å². The number of nitrogens with one attached hydrogen (secondary N) is 2. The Bertz CT molecular complexity index is 1190. The Morgan fingerprint density at radius 1 is 1.00 bits per heavy atom. The first-order valence-corrected chi connectivity index (χ1v) is 10.6. The summed E-state index contributed by atoms with van der Waals surface area (Å²) in [6, 6.07) is 14.6. The van der Waals surface area contributed by atoms with Crippen molar-refractivity contribution >= 4 is 40.9 Å². The lowest BCUT2D eigenvalue weighted by atomic mass is 10.1. The zero-order chi connectivity index (χ0) is 22.7. The smallest absolute Gasteiger partial charge is 0.362 e. The summed E-state index contributed by atoms with van der Waals surface area (Å²) in [5, 5.41) is 2.78. The molecule has 9 heteroatoms. The van der Waals surface area contributed by atoms with Gasteiger partial charge in [0.1, 0.15) is 17.2 Å². The number of fused-ring (bicyclic) bond motifs is 1. The molecule has 0 saturated heterocycles. The second kappa shape index (κ2) is 9.21. The van der Waals surface area contributed by atoms with E-state index in [9.17, 15) is 9.59 Å². The molecule has 0 spiro atoms. The fraction of sp³-hybridized carbons (Fsp3) is 0.174. The molecule has 1 aliphatic heterocycles. The first-order valence-electron chi connectivity index (χ1n) is 9.77. The highest BCUT2D eigenvalue weighted by atomic mass is 32.1. The van der Waals surface area contributed by atoms with Gasteiger partial charge in [-0.2, -0.15) is 0 Å². The molecule has 3 aromatic rings. The topological polar surface area (TPSA) is 90.7 Å². The molecule has 2 amide bonds. The third-order valence-electron chi connectivity index (χ3n) is 4.98. The summed E-state index contributed by atoms with van der Waals surface area (Å²) in [7, 11) is 4.67. The summed E-state index contributed by atoms with van der Waals surface area (Å²) in [6.07, 6.45) is 1.47. The molecule has 8 nitrogen and oxygen atoms in total. The molecule has 32 heavy (non-hydrogen) atoms. The van der Waals surface area contributed by atoms with Gasteiger partial charge in [-0.05, 0) is 48.0 Å². The minimum absolute atomic E-state index is 0.0993. The Hall–Kier alpha value is -3.69. The van der Waals surface area contributed by atoms with Crippen molar-refractivity contribution in [3.63, 3.8) is 0 Å². The van der Waals surface area contributed by atoms with Crippen molar-refractivity contribution in [1.29, 1.82) is 0 Å². The Kier molecular flexibility index (Phi) is 6.20. The van der Waals surface area contributed by atoms with Crippen LogP contribution in [0.1, 0.15) is 9.67 Å². The summed E-state index contributed by atoms with van der Waals surface area (Å²) in [5.41, 5.74) is 2.05. The number of anilines is 1. The van der Waals surface area contributed by atoms with E-state index >= 15 is 0 Å². The minimum atomic E-state index is -0.346. The molecule has 164 valence electrons. The first kappa shape index (κ1) is 21.5. The molecule has 1 aromatic heterocycles. The Morgan fingerprint density at radius 2 is 1.72 bits per heavy atom. The number of thiophene rings is 1. The SMILES string of the molecule is COc1ccc(-c2cc3c(s2)C(=O)[NH+](CC(=O)Nc2cc(OC)ccc2OC)C=N3)cc1. The van der Waals surface area contributed by atoms with Crippen LogP contribution in [0.3, 0.4) is 0 Å². The lowest BCUT2D eigenvalue weighted by Gasteiger charge is -2.15. The normalized spacial score (nSPS) is 14.6. The van der Waals surface area contributed by atoms with Crippen molar-refractivity contribution in [1.82, 2.24) is 0 Å². The first-order chi connectivity index (χ1) is 15.5. The Labute approximate surface area is 189 Å². The van der Waals surface area contributed by atoms with E-state index in [4.69, 9.17) is 14.2 Å². The third kappa shape index (κ3) is 4.34. The van der Waals surface area contributed by atoms with E-state index < -0.39 is 0 Å². The number of hydrogen-bond acceptors (Lipinski definition) is 7. The highest BCUT2D eigenvalue weighted by Gasteiger charge is 2.32. The molecule has 1 atom stereocenters. The van der Waals surface area contributed by atoms with Gasteiger partial charge >= 0.3 is 5.91 Å². The molecular weight excluding hydrogens is 430 g/mol. The Morgan fingerprint density at radius 3 is 2.41 bits per heavy atom. The molecule has 0 radical (unpaired) electrons. The van der Waals surface area contributed by atoms with Crippen LogP contribution < -0.4 is 24.4 Å². The van der Waals surface area contributed by atoms with Crippen molar-refractivity contribution in [2.45, 2.75) is 0 Å². The quantitative estimate of drug-likeness (QED) is 0.575. The van der Waals surface area contributed by atoms with Crippen molar-refractivity contribution in [3.8, 4) is 27.7 Å². The van der Waals surface area contributed by atoms with Gasteiger partial charge in [0.2, 0.25) is 0 Å².